The van der Waals surface area contributed by atoms with Gasteiger partial charge in [0.2, 0.25) is 0 Å². The van der Waals surface area contributed by atoms with Crippen LogP contribution in [0.25, 0.3) is 0 Å². The molecule has 1 amide bonds. The Labute approximate surface area is 170 Å². The lowest BCUT2D eigenvalue weighted by atomic mass is 10.1. The molecule has 2 aromatic rings. The fraction of sp³-hybridized carbons (Fsp3) is 0.409. The standard InChI is InChI=1S/C22H27F2N3O2/c1-16(29-19-6-7-20(23)21(24)13-19)22(28)25-14-17-4-3-5-18(12-17)15-27-10-8-26(2)9-11-27/h3-7,12-13,16H,8-11,14-15H2,1-2H3,(H,25,28). The Hall–Kier alpha value is -2.51. The molecule has 1 atom stereocenters. The fourth-order valence-electron chi connectivity index (χ4n) is 3.24. The number of halogens is 2. The Kier molecular flexibility index (Phi) is 7.17. The van der Waals surface area contributed by atoms with Crippen LogP contribution in [-0.4, -0.2) is 55.0 Å². The molecule has 0 spiro atoms. The van der Waals surface area contributed by atoms with E-state index in [0.717, 1.165) is 50.4 Å². The van der Waals surface area contributed by atoms with E-state index in [0.29, 0.717) is 6.54 Å². The molecule has 2 aromatic carbocycles. The molecule has 0 saturated carbocycles. The van der Waals surface area contributed by atoms with Gasteiger partial charge in [-0.2, -0.15) is 0 Å². The number of carbonyl (C=O) groups is 1. The summed E-state index contributed by atoms with van der Waals surface area (Å²) in [5.74, 6) is -2.17. The molecule has 1 heterocycles. The van der Waals surface area contributed by atoms with E-state index in [4.69, 9.17) is 4.74 Å². The Morgan fingerprint density at radius 2 is 1.79 bits per heavy atom. The number of hydrogen-bond donors (Lipinski definition) is 1. The molecule has 5 nitrogen and oxygen atoms in total. The summed E-state index contributed by atoms with van der Waals surface area (Å²) in [7, 11) is 2.14. The quantitative estimate of drug-likeness (QED) is 0.772. The van der Waals surface area contributed by atoms with E-state index in [-0.39, 0.29) is 11.7 Å². The molecule has 29 heavy (non-hydrogen) atoms. The van der Waals surface area contributed by atoms with E-state index in [1.807, 2.05) is 12.1 Å². The molecule has 1 N–H and O–H groups in total. The van der Waals surface area contributed by atoms with Crippen molar-refractivity contribution in [2.24, 2.45) is 0 Å². The van der Waals surface area contributed by atoms with Crippen molar-refractivity contribution < 1.29 is 18.3 Å². The number of amides is 1. The third-order valence-corrected chi connectivity index (χ3v) is 5.03. The predicted molar refractivity (Wildman–Crippen MR) is 108 cm³/mol. The lowest BCUT2D eigenvalue weighted by Crippen LogP contribution is -2.43. The van der Waals surface area contributed by atoms with Crippen LogP contribution in [0.3, 0.4) is 0 Å². The van der Waals surface area contributed by atoms with Gasteiger partial charge in [-0.3, -0.25) is 9.69 Å². The maximum atomic E-state index is 13.3. The number of hydrogen-bond acceptors (Lipinski definition) is 4. The monoisotopic (exact) mass is 403 g/mol. The minimum absolute atomic E-state index is 0.112. The third kappa shape index (κ3) is 6.24. The highest BCUT2D eigenvalue weighted by Gasteiger charge is 2.16. The van der Waals surface area contributed by atoms with Crippen molar-refractivity contribution in [3.05, 3.63) is 65.2 Å². The van der Waals surface area contributed by atoms with Crippen molar-refractivity contribution >= 4 is 5.91 Å². The smallest absolute Gasteiger partial charge is 0.261 e. The van der Waals surface area contributed by atoms with Gasteiger partial charge in [-0.25, -0.2) is 8.78 Å². The maximum absolute atomic E-state index is 13.3. The van der Waals surface area contributed by atoms with Crippen molar-refractivity contribution in [1.82, 2.24) is 15.1 Å². The van der Waals surface area contributed by atoms with E-state index >= 15 is 0 Å². The SMILES string of the molecule is CC(Oc1ccc(F)c(F)c1)C(=O)NCc1cccc(CN2CCN(C)CC2)c1. The van der Waals surface area contributed by atoms with Crippen LogP contribution in [-0.2, 0) is 17.9 Å². The van der Waals surface area contributed by atoms with Gasteiger partial charge in [0, 0.05) is 45.3 Å². The van der Waals surface area contributed by atoms with E-state index in [1.54, 1.807) is 6.92 Å². The second-order valence-electron chi connectivity index (χ2n) is 7.45. The second kappa shape index (κ2) is 9.80. The van der Waals surface area contributed by atoms with Crippen molar-refractivity contribution in [2.75, 3.05) is 33.2 Å². The summed E-state index contributed by atoms with van der Waals surface area (Å²) in [5.41, 5.74) is 2.22. The van der Waals surface area contributed by atoms with Gasteiger partial charge in [-0.1, -0.05) is 24.3 Å². The number of nitrogens with zero attached hydrogens (tertiary/aromatic N) is 2. The molecule has 0 bridgehead atoms. The average Bonchev–Trinajstić information content (AvgIpc) is 2.71. The van der Waals surface area contributed by atoms with Crippen molar-refractivity contribution in [1.29, 1.82) is 0 Å². The first kappa shape index (κ1) is 21.2. The first-order valence-corrected chi connectivity index (χ1v) is 9.79. The molecular weight excluding hydrogens is 376 g/mol. The highest BCUT2D eigenvalue weighted by atomic mass is 19.2. The number of benzene rings is 2. The number of ether oxygens (including phenoxy) is 1. The molecule has 1 fully saturated rings. The first-order valence-electron chi connectivity index (χ1n) is 9.79. The lowest BCUT2D eigenvalue weighted by Gasteiger charge is -2.32. The van der Waals surface area contributed by atoms with Gasteiger partial charge < -0.3 is 15.0 Å². The minimum atomic E-state index is -1.01. The molecule has 3 rings (SSSR count). The van der Waals surface area contributed by atoms with Gasteiger partial charge >= 0.3 is 0 Å². The topological polar surface area (TPSA) is 44.8 Å². The van der Waals surface area contributed by atoms with Crippen LogP contribution in [0.4, 0.5) is 8.78 Å². The van der Waals surface area contributed by atoms with Crippen LogP contribution in [0.2, 0.25) is 0 Å². The normalized spacial score (nSPS) is 16.4. The highest BCUT2D eigenvalue weighted by Crippen LogP contribution is 2.17. The van der Waals surface area contributed by atoms with Gasteiger partial charge in [-0.05, 0) is 37.2 Å². The number of piperazine rings is 1. The summed E-state index contributed by atoms with van der Waals surface area (Å²) in [5, 5.41) is 2.83. The zero-order chi connectivity index (χ0) is 20.8. The van der Waals surface area contributed by atoms with Crippen LogP contribution in [0.5, 0.6) is 5.75 Å². The van der Waals surface area contributed by atoms with Crippen LogP contribution >= 0.6 is 0 Å². The summed E-state index contributed by atoms with van der Waals surface area (Å²) in [4.78, 5) is 17.0. The molecule has 0 aromatic heterocycles. The van der Waals surface area contributed by atoms with Crippen LogP contribution in [0, 0.1) is 11.6 Å². The number of likely N-dealkylation sites (N-methyl/N-ethyl adjacent to an activating group) is 1. The Morgan fingerprint density at radius 1 is 1.07 bits per heavy atom. The minimum Gasteiger partial charge on any atom is -0.481 e. The van der Waals surface area contributed by atoms with E-state index < -0.39 is 17.7 Å². The largest absolute Gasteiger partial charge is 0.481 e. The average molecular weight is 403 g/mol. The summed E-state index contributed by atoms with van der Waals surface area (Å²) >= 11 is 0. The summed E-state index contributed by atoms with van der Waals surface area (Å²) in [6.45, 7) is 7.09. The molecule has 1 aliphatic rings. The highest BCUT2D eigenvalue weighted by molar-refractivity contribution is 5.80. The van der Waals surface area contributed by atoms with Crippen molar-refractivity contribution in [3.63, 3.8) is 0 Å². The van der Waals surface area contributed by atoms with E-state index in [1.165, 1.54) is 11.6 Å². The number of nitrogens with one attached hydrogen (secondary N) is 1. The number of rotatable bonds is 7. The zero-order valence-electron chi connectivity index (χ0n) is 16.8. The van der Waals surface area contributed by atoms with Crippen LogP contribution < -0.4 is 10.1 Å². The van der Waals surface area contributed by atoms with Crippen LogP contribution in [0.1, 0.15) is 18.1 Å². The summed E-state index contributed by atoms with van der Waals surface area (Å²) < 4.78 is 31.7. The molecule has 0 radical (unpaired) electrons. The Balaban J connectivity index is 1.49. The summed E-state index contributed by atoms with van der Waals surface area (Å²) in [6, 6.07) is 11.4. The molecule has 1 unspecified atom stereocenters. The molecule has 156 valence electrons. The van der Waals surface area contributed by atoms with Gasteiger partial charge in [0.25, 0.3) is 5.91 Å². The van der Waals surface area contributed by atoms with Gasteiger partial charge in [0.15, 0.2) is 17.7 Å². The third-order valence-electron chi connectivity index (χ3n) is 5.03. The molecular formula is C22H27F2N3O2. The van der Waals surface area contributed by atoms with Gasteiger partial charge in [0.1, 0.15) is 5.75 Å². The molecule has 0 aliphatic carbocycles. The lowest BCUT2D eigenvalue weighted by molar-refractivity contribution is -0.127. The number of carbonyl (C=O) groups excluding carboxylic acids is 1. The van der Waals surface area contributed by atoms with E-state index in [2.05, 4.69) is 34.3 Å². The van der Waals surface area contributed by atoms with E-state index in [9.17, 15) is 13.6 Å². The van der Waals surface area contributed by atoms with Gasteiger partial charge in [-0.15, -0.1) is 0 Å². The first-order chi connectivity index (χ1) is 13.9. The van der Waals surface area contributed by atoms with Crippen molar-refractivity contribution in [2.45, 2.75) is 26.1 Å². The Morgan fingerprint density at radius 3 is 2.52 bits per heavy atom. The second-order valence-corrected chi connectivity index (χ2v) is 7.45. The Bertz CT molecular complexity index is 839. The van der Waals surface area contributed by atoms with Gasteiger partial charge in [0.05, 0.1) is 0 Å². The zero-order valence-corrected chi connectivity index (χ0v) is 16.8. The maximum Gasteiger partial charge on any atom is 0.261 e. The van der Waals surface area contributed by atoms with Crippen molar-refractivity contribution in [3.8, 4) is 5.75 Å². The molecule has 7 heteroatoms. The predicted octanol–water partition coefficient (Wildman–Crippen LogP) is 2.80. The fourth-order valence-corrected chi connectivity index (χ4v) is 3.24. The molecule has 1 saturated heterocycles. The molecule has 1 aliphatic heterocycles. The van der Waals surface area contributed by atoms with Crippen LogP contribution in [0.15, 0.2) is 42.5 Å². The summed E-state index contributed by atoms with van der Waals surface area (Å²) in [6.07, 6.45) is -0.826.